The second kappa shape index (κ2) is 5.42. The molecule has 0 fully saturated rings. The Bertz CT molecular complexity index is 701. The highest BCUT2D eigenvalue weighted by Crippen LogP contribution is 2.32. The number of thiophene rings is 1. The highest BCUT2D eigenvalue weighted by atomic mass is 32.1. The molecule has 1 aromatic carbocycles. The molecule has 0 amide bonds. The first-order valence-corrected chi connectivity index (χ1v) is 8.28. The van der Waals surface area contributed by atoms with Crippen molar-refractivity contribution in [2.24, 2.45) is 0 Å². The van der Waals surface area contributed by atoms with E-state index in [0.29, 0.717) is 6.04 Å². The van der Waals surface area contributed by atoms with E-state index in [-0.39, 0.29) is 0 Å². The summed E-state index contributed by atoms with van der Waals surface area (Å²) in [6.45, 7) is 5.31. The second-order valence-electron chi connectivity index (χ2n) is 5.02. The number of aromatic nitrogens is 1. The summed E-state index contributed by atoms with van der Waals surface area (Å²) in [6.07, 6.45) is 0. The Morgan fingerprint density at radius 2 is 2.15 bits per heavy atom. The fourth-order valence-electron chi connectivity index (χ4n) is 2.09. The average Bonchev–Trinajstić information content (AvgIpc) is 3.03. The molecular weight excluding hydrogens is 286 g/mol. The summed E-state index contributed by atoms with van der Waals surface area (Å²) in [4.78, 5) is 8.45. The predicted octanol–water partition coefficient (Wildman–Crippen LogP) is 4.36. The zero-order valence-corrected chi connectivity index (χ0v) is 13.2. The van der Waals surface area contributed by atoms with E-state index in [1.165, 1.54) is 4.88 Å². The van der Waals surface area contributed by atoms with Crippen LogP contribution in [0.4, 0.5) is 10.8 Å². The molecule has 0 atom stereocenters. The van der Waals surface area contributed by atoms with Crippen molar-refractivity contribution >= 4 is 43.7 Å². The highest BCUT2D eigenvalue weighted by molar-refractivity contribution is 7.22. The van der Waals surface area contributed by atoms with E-state index < -0.39 is 0 Å². The van der Waals surface area contributed by atoms with Crippen LogP contribution in [0.25, 0.3) is 10.2 Å². The minimum Gasteiger partial charge on any atom is -0.399 e. The normalized spacial score (nSPS) is 11.3. The van der Waals surface area contributed by atoms with Crippen molar-refractivity contribution in [3.8, 4) is 0 Å². The van der Waals surface area contributed by atoms with Gasteiger partial charge in [0.05, 0.1) is 16.8 Å². The van der Waals surface area contributed by atoms with E-state index in [0.717, 1.165) is 27.6 Å². The molecule has 0 spiro atoms. The molecule has 3 aromatic rings. The Morgan fingerprint density at radius 3 is 2.85 bits per heavy atom. The van der Waals surface area contributed by atoms with Gasteiger partial charge in [0.15, 0.2) is 5.13 Å². The summed E-state index contributed by atoms with van der Waals surface area (Å²) in [5.41, 5.74) is 7.66. The number of hydrogen-bond donors (Lipinski definition) is 1. The van der Waals surface area contributed by atoms with E-state index in [9.17, 15) is 0 Å². The van der Waals surface area contributed by atoms with Crippen LogP contribution in [0, 0.1) is 0 Å². The minimum atomic E-state index is 0.412. The summed E-state index contributed by atoms with van der Waals surface area (Å²) in [5.74, 6) is 0. The van der Waals surface area contributed by atoms with Crippen LogP contribution in [0.5, 0.6) is 0 Å². The van der Waals surface area contributed by atoms with E-state index in [1.807, 2.05) is 18.2 Å². The number of hydrogen-bond acceptors (Lipinski definition) is 5. The Morgan fingerprint density at radius 1 is 1.30 bits per heavy atom. The lowest BCUT2D eigenvalue weighted by Gasteiger charge is -2.25. The van der Waals surface area contributed by atoms with Gasteiger partial charge in [-0.15, -0.1) is 11.3 Å². The van der Waals surface area contributed by atoms with Crippen molar-refractivity contribution in [1.82, 2.24) is 4.98 Å². The van der Waals surface area contributed by atoms with Crippen LogP contribution in [-0.4, -0.2) is 11.0 Å². The minimum absolute atomic E-state index is 0.412. The third-order valence-corrected chi connectivity index (χ3v) is 5.09. The van der Waals surface area contributed by atoms with Gasteiger partial charge < -0.3 is 10.6 Å². The van der Waals surface area contributed by atoms with Gasteiger partial charge in [0, 0.05) is 16.6 Å². The Hall–Kier alpha value is -1.59. The molecule has 0 saturated carbocycles. The molecule has 2 heterocycles. The van der Waals surface area contributed by atoms with E-state index >= 15 is 0 Å². The lowest BCUT2D eigenvalue weighted by molar-refractivity contribution is 0.685. The van der Waals surface area contributed by atoms with Crippen LogP contribution in [0.3, 0.4) is 0 Å². The largest absolute Gasteiger partial charge is 0.399 e. The van der Waals surface area contributed by atoms with Gasteiger partial charge >= 0.3 is 0 Å². The molecule has 5 heteroatoms. The molecule has 0 aliphatic rings. The summed E-state index contributed by atoms with van der Waals surface area (Å²) < 4.78 is 1.15. The first kappa shape index (κ1) is 13.4. The molecule has 2 aromatic heterocycles. The molecule has 104 valence electrons. The van der Waals surface area contributed by atoms with Gasteiger partial charge in [-0.25, -0.2) is 4.98 Å². The van der Waals surface area contributed by atoms with E-state index in [2.05, 4.69) is 36.3 Å². The number of anilines is 2. The fraction of sp³-hybridized carbons (Fsp3) is 0.267. The molecule has 20 heavy (non-hydrogen) atoms. The molecule has 3 rings (SSSR count). The molecule has 0 aliphatic carbocycles. The molecule has 0 aliphatic heterocycles. The molecule has 3 nitrogen and oxygen atoms in total. The first-order chi connectivity index (χ1) is 9.63. The molecule has 2 N–H and O–H groups in total. The molecule has 0 bridgehead atoms. The molecule has 0 radical (unpaired) electrons. The fourth-order valence-corrected chi connectivity index (χ4v) is 3.94. The van der Waals surface area contributed by atoms with Gasteiger partial charge in [0.25, 0.3) is 0 Å². The van der Waals surface area contributed by atoms with Gasteiger partial charge in [-0.05, 0) is 43.5 Å². The van der Waals surface area contributed by atoms with Gasteiger partial charge in [-0.2, -0.15) is 0 Å². The standard InChI is InChI=1S/C15H17N3S2/c1-10(2)18(9-12-4-3-7-19-12)15-17-13-6-5-11(16)8-14(13)20-15/h3-8,10H,9,16H2,1-2H3. The predicted molar refractivity (Wildman–Crippen MR) is 89.7 cm³/mol. The zero-order valence-electron chi connectivity index (χ0n) is 11.5. The van der Waals surface area contributed by atoms with Crippen molar-refractivity contribution in [2.45, 2.75) is 26.4 Å². The number of nitrogen functional groups attached to an aromatic ring is 1. The Kier molecular flexibility index (Phi) is 3.63. The van der Waals surface area contributed by atoms with Gasteiger partial charge in [-0.3, -0.25) is 0 Å². The zero-order chi connectivity index (χ0) is 14.1. The highest BCUT2D eigenvalue weighted by Gasteiger charge is 2.16. The molecular formula is C15H17N3S2. The van der Waals surface area contributed by atoms with Crippen LogP contribution >= 0.6 is 22.7 Å². The number of nitrogens with two attached hydrogens (primary N) is 1. The smallest absolute Gasteiger partial charge is 0.187 e. The summed E-state index contributed by atoms with van der Waals surface area (Å²) in [5, 5.41) is 3.18. The van der Waals surface area contributed by atoms with Crippen LogP contribution in [-0.2, 0) is 6.54 Å². The number of rotatable bonds is 4. The quantitative estimate of drug-likeness (QED) is 0.728. The topological polar surface area (TPSA) is 42.2 Å². The van der Waals surface area contributed by atoms with Gasteiger partial charge in [0.2, 0.25) is 0 Å². The Balaban J connectivity index is 1.96. The maximum absolute atomic E-state index is 5.85. The maximum atomic E-state index is 5.85. The summed E-state index contributed by atoms with van der Waals surface area (Å²) in [6, 6.07) is 10.6. The monoisotopic (exact) mass is 303 g/mol. The van der Waals surface area contributed by atoms with Crippen molar-refractivity contribution in [1.29, 1.82) is 0 Å². The van der Waals surface area contributed by atoms with Crippen LogP contribution in [0.2, 0.25) is 0 Å². The third kappa shape index (κ3) is 2.64. The summed E-state index contributed by atoms with van der Waals surface area (Å²) in [7, 11) is 0. The lowest BCUT2D eigenvalue weighted by Crippen LogP contribution is -2.29. The SMILES string of the molecule is CC(C)N(Cc1cccs1)c1nc2ccc(N)cc2s1. The van der Waals surface area contributed by atoms with Crippen molar-refractivity contribution in [3.05, 3.63) is 40.6 Å². The second-order valence-corrected chi connectivity index (χ2v) is 7.07. The van der Waals surface area contributed by atoms with Gasteiger partial charge in [0.1, 0.15) is 0 Å². The average molecular weight is 303 g/mol. The molecule has 0 saturated heterocycles. The number of fused-ring (bicyclic) bond motifs is 1. The Labute approximate surface area is 126 Å². The van der Waals surface area contributed by atoms with Crippen LogP contribution in [0.15, 0.2) is 35.7 Å². The van der Waals surface area contributed by atoms with E-state index in [1.54, 1.807) is 22.7 Å². The first-order valence-electron chi connectivity index (χ1n) is 6.58. The number of nitrogens with zero attached hydrogens (tertiary/aromatic N) is 2. The van der Waals surface area contributed by atoms with Crippen LogP contribution < -0.4 is 10.6 Å². The molecule has 0 unspecified atom stereocenters. The lowest BCUT2D eigenvalue weighted by atomic mass is 10.3. The summed E-state index contributed by atoms with van der Waals surface area (Å²) >= 11 is 3.50. The van der Waals surface area contributed by atoms with Gasteiger partial charge in [-0.1, -0.05) is 17.4 Å². The van der Waals surface area contributed by atoms with Crippen molar-refractivity contribution in [2.75, 3.05) is 10.6 Å². The number of thiazole rings is 1. The maximum Gasteiger partial charge on any atom is 0.187 e. The third-order valence-electron chi connectivity index (χ3n) is 3.18. The van der Waals surface area contributed by atoms with Crippen LogP contribution in [0.1, 0.15) is 18.7 Å². The van der Waals surface area contributed by atoms with E-state index in [4.69, 9.17) is 10.7 Å². The number of benzene rings is 1. The van der Waals surface area contributed by atoms with Crippen molar-refractivity contribution < 1.29 is 0 Å². The van der Waals surface area contributed by atoms with Crippen molar-refractivity contribution in [3.63, 3.8) is 0 Å².